The number of para-hydroxylation sites is 1. The van der Waals surface area contributed by atoms with Crippen LogP contribution >= 0.6 is 0 Å². The lowest BCUT2D eigenvalue weighted by Crippen LogP contribution is -2.44. The number of halogens is 1. The zero-order valence-corrected chi connectivity index (χ0v) is 19.5. The molecule has 0 N–H and O–H groups in total. The molecule has 1 amide bonds. The largest absolute Gasteiger partial charge is 0.493 e. The minimum Gasteiger partial charge on any atom is -0.493 e. The summed E-state index contributed by atoms with van der Waals surface area (Å²) in [5.74, 6) is -0.0584. The van der Waals surface area contributed by atoms with Gasteiger partial charge in [0.05, 0.1) is 27.0 Å². The summed E-state index contributed by atoms with van der Waals surface area (Å²) in [6.45, 7) is 3.97. The fourth-order valence-corrected chi connectivity index (χ4v) is 4.99. The Morgan fingerprint density at radius 2 is 1.64 bits per heavy atom. The summed E-state index contributed by atoms with van der Waals surface area (Å²) in [5, 5.41) is 0. The van der Waals surface area contributed by atoms with Gasteiger partial charge < -0.3 is 14.2 Å². The lowest BCUT2D eigenvalue weighted by molar-refractivity contribution is -0.121. The second-order valence-corrected chi connectivity index (χ2v) is 9.16. The zero-order valence-electron chi connectivity index (χ0n) is 19.5. The Kier molecular flexibility index (Phi) is 5.91. The average Bonchev–Trinajstić information content (AvgIpc) is 2.77. The molecule has 0 saturated heterocycles. The van der Waals surface area contributed by atoms with E-state index in [1.165, 1.54) is 32.3 Å². The first-order valence-electron chi connectivity index (χ1n) is 10.8. The van der Waals surface area contributed by atoms with E-state index in [0.717, 1.165) is 0 Å². The molecule has 2 aromatic rings. The molecule has 1 atom stereocenters. The fourth-order valence-electron chi connectivity index (χ4n) is 4.99. The van der Waals surface area contributed by atoms with Crippen molar-refractivity contribution in [1.82, 2.24) is 0 Å². The summed E-state index contributed by atoms with van der Waals surface area (Å²) in [4.78, 5) is 28.4. The number of allylic oxidation sites excluding steroid dienone is 2. The lowest BCUT2D eigenvalue weighted by Gasteiger charge is -2.43. The molecule has 0 bridgehead atoms. The van der Waals surface area contributed by atoms with E-state index in [4.69, 9.17) is 14.2 Å². The standard InChI is InChI=1S/C26H28FNO5/c1-26(2)13-19-23(20(29)14-26)16(12-22(30)28(19)18-9-7-6-8-17(18)27)15-10-11-21(31-3)25(33-5)24(15)32-4/h6-11,16H,12-14H2,1-5H3. The number of anilines is 1. The Labute approximate surface area is 192 Å². The van der Waals surface area contributed by atoms with Crippen LogP contribution in [0.5, 0.6) is 17.2 Å². The second-order valence-electron chi connectivity index (χ2n) is 9.16. The van der Waals surface area contributed by atoms with Crippen molar-refractivity contribution in [2.75, 3.05) is 26.2 Å². The smallest absolute Gasteiger partial charge is 0.232 e. The van der Waals surface area contributed by atoms with Crippen molar-refractivity contribution in [3.63, 3.8) is 0 Å². The minimum absolute atomic E-state index is 0.00514. The van der Waals surface area contributed by atoms with Gasteiger partial charge in [0.15, 0.2) is 17.3 Å². The van der Waals surface area contributed by atoms with Crippen LogP contribution in [0.2, 0.25) is 0 Å². The molecule has 1 unspecified atom stereocenters. The Hall–Kier alpha value is -3.35. The number of amides is 1. The maximum absolute atomic E-state index is 14.8. The molecule has 1 aliphatic heterocycles. The average molecular weight is 454 g/mol. The first-order chi connectivity index (χ1) is 15.7. The van der Waals surface area contributed by atoms with Crippen LogP contribution in [-0.2, 0) is 9.59 Å². The van der Waals surface area contributed by atoms with Crippen LogP contribution in [0, 0.1) is 11.2 Å². The molecular weight excluding hydrogens is 425 g/mol. The number of rotatable bonds is 5. The maximum Gasteiger partial charge on any atom is 0.232 e. The minimum atomic E-state index is -0.533. The van der Waals surface area contributed by atoms with Gasteiger partial charge in [-0.1, -0.05) is 32.0 Å². The van der Waals surface area contributed by atoms with Crippen molar-refractivity contribution < 1.29 is 28.2 Å². The fraction of sp³-hybridized carbons (Fsp3) is 0.385. The van der Waals surface area contributed by atoms with Gasteiger partial charge >= 0.3 is 0 Å². The Morgan fingerprint density at radius 3 is 2.27 bits per heavy atom. The molecule has 0 saturated carbocycles. The van der Waals surface area contributed by atoms with E-state index < -0.39 is 11.7 Å². The molecule has 6 nitrogen and oxygen atoms in total. The monoisotopic (exact) mass is 453 g/mol. The van der Waals surface area contributed by atoms with Crippen LogP contribution in [0.15, 0.2) is 47.7 Å². The van der Waals surface area contributed by atoms with E-state index in [9.17, 15) is 14.0 Å². The molecule has 1 aliphatic carbocycles. The van der Waals surface area contributed by atoms with E-state index in [0.29, 0.717) is 46.9 Å². The zero-order chi connectivity index (χ0) is 23.9. The highest BCUT2D eigenvalue weighted by Crippen LogP contribution is 2.52. The van der Waals surface area contributed by atoms with Gasteiger partial charge in [0.25, 0.3) is 0 Å². The normalized spacial score (nSPS) is 19.9. The summed E-state index contributed by atoms with van der Waals surface area (Å²) >= 11 is 0. The summed E-state index contributed by atoms with van der Waals surface area (Å²) in [5.41, 5.74) is 1.56. The van der Waals surface area contributed by atoms with Gasteiger partial charge in [0, 0.05) is 35.6 Å². The topological polar surface area (TPSA) is 65.1 Å². The molecule has 0 spiro atoms. The predicted molar refractivity (Wildman–Crippen MR) is 122 cm³/mol. The second kappa shape index (κ2) is 8.54. The number of carbonyl (C=O) groups excluding carboxylic acids is 2. The highest BCUT2D eigenvalue weighted by Gasteiger charge is 2.45. The van der Waals surface area contributed by atoms with Gasteiger partial charge in [0.2, 0.25) is 11.7 Å². The van der Waals surface area contributed by atoms with E-state index >= 15 is 0 Å². The molecule has 4 rings (SSSR count). The molecule has 174 valence electrons. The number of benzene rings is 2. The van der Waals surface area contributed by atoms with Crippen molar-refractivity contribution in [1.29, 1.82) is 0 Å². The van der Waals surface area contributed by atoms with Crippen molar-refractivity contribution in [2.45, 2.75) is 39.0 Å². The van der Waals surface area contributed by atoms with Crippen LogP contribution in [0.25, 0.3) is 0 Å². The first kappa shape index (κ1) is 22.8. The van der Waals surface area contributed by atoms with Gasteiger partial charge in [0.1, 0.15) is 5.82 Å². The molecule has 7 heteroatoms. The van der Waals surface area contributed by atoms with Crippen LogP contribution in [0.1, 0.15) is 44.6 Å². The van der Waals surface area contributed by atoms with Crippen molar-refractivity contribution in [3.05, 3.63) is 59.0 Å². The summed E-state index contributed by atoms with van der Waals surface area (Å²) in [7, 11) is 4.55. The van der Waals surface area contributed by atoms with Crippen LogP contribution in [0.3, 0.4) is 0 Å². The highest BCUT2D eigenvalue weighted by atomic mass is 19.1. The van der Waals surface area contributed by atoms with E-state index in [1.807, 2.05) is 13.8 Å². The highest BCUT2D eigenvalue weighted by molar-refractivity contribution is 6.08. The van der Waals surface area contributed by atoms with Crippen LogP contribution in [-0.4, -0.2) is 33.0 Å². The number of hydrogen-bond donors (Lipinski definition) is 0. The number of carbonyl (C=O) groups is 2. The number of nitrogens with zero attached hydrogens (tertiary/aromatic N) is 1. The molecule has 33 heavy (non-hydrogen) atoms. The molecule has 2 aromatic carbocycles. The van der Waals surface area contributed by atoms with Gasteiger partial charge in [-0.3, -0.25) is 14.5 Å². The summed E-state index contributed by atoms with van der Waals surface area (Å²) in [6, 6.07) is 9.70. The van der Waals surface area contributed by atoms with E-state index in [-0.39, 0.29) is 29.2 Å². The summed E-state index contributed by atoms with van der Waals surface area (Å²) < 4.78 is 31.3. The predicted octanol–water partition coefficient (Wildman–Crippen LogP) is 5.02. The van der Waals surface area contributed by atoms with Crippen molar-refractivity contribution >= 4 is 17.4 Å². The number of ketones is 1. The Balaban J connectivity index is 1.96. The third kappa shape index (κ3) is 3.86. The molecular formula is C26H28FNO5. The molecule has 2 aliphatic rings. The van der Waals surface area contributed by atoms with Crippen molar-refractivity contribution in [2.24, 2.45) is 5.41 Å². The summed E-state index contributed by atoms with van der Waals surface area (Å²) in [6.07, 6.45) is 0.822. The number of Topliss-reactive ketones (excluding diaryl/α,β-unsaturated/α-hetero) is 1. The number of ether oxygens (including phenoxy) is 3. The van der Waals surface area contributed by atoms with Gasteiger partial charge in [-0.2, -0.15) is 0 Å². The molecule has 1 heterocycles. The third-order valence-corrected chi connectivity index (χ3v) is 6.35. The molecule has 0 radical (unpaired) electrons. The Morgan fingerprint density at radius 1 is 0.939 bits per heavy atom. The molecule has 0 fully saturated rings. The van der Waals surface area contributed by atoms with Gasteiger partial charge in [-0.05, 0) is 30.0 Å². The first-order valence-corrected chi connectivity index (χ1v) is 10.8. The van der Waals surface area contributed by atoms with E-state index in [2.05, 4.69) is 0 Å². The lowest BCUT2D eigenvalue weighted by atomic mass is 9.69. The van der Waals surface area contributed by atoms with Crippen LogP contribution < -0.4 is 19.1 Å². The quantitative estimate of drug-likeness (QED) is 0.636. The SMILES string of the molecule is COc1ccc(C2CC(=O)N(c3ccccc3F)C3=C2C(=O)CC(C)(C)C3)c(OC)c1OC. The van der Waals surface area contributed by atoms with Gasteiger partial charge in [-0.15, -0.1) is 0 Å². The maximum atomic E-state index is 14.8. The molecule has 0 aromatic heterocycles. The van der Waals surface area contributed by atoms with Crippen LogP contribution in [0.4, 0.5) is 10.1 Å². The van der Waals surface area contributed by atoms with E-state index in [1.54, 1.807) is 30.3 Å². The number of methoxy groups -OCH3 is 3. The Bertz CT molecular complexity index is 1150. The van der Waals surface area contributed by atoms with Crippen molar-refractivity contribution in [3.8, 4) is 17.2 Å². The number of hydrogen-bond acceptors (Lipinski definition) is 5. The third-order valence-electron chi connectivity index (χ3n) is 6.35. The van der Waals surface area contributed by atoms with Gasteiger partial charge in [-0.25, -0.2) is 4.39 Å².